The predicted molar refractivity (Wildman–Crippen MR) is 132 cm³/mol. The molecule has 174 valence electrons. The van der Waals surface area contributed by atoms with Crippen LogP contribution in [0, 0.1) is 19.7 Å². The number of benzene rings is 2. The minimum atomic E-state index is -0.323. The van der Waals surface area contributed by atoms with Crippen molar-refractivity contribution in [3.63, 3.8) is 0 Å². The molecule has 7 heteroatoms. The number of aryl methyl sites for hydroxylation is 2. The summed E-state index contributed by atoms with van der Waals surface area (Å²) in [5, 5.41) is 2.88. The third-order valence-electron chi connectivity index (χ3n) is 5.27. The summed E-state index contributed by atoms with van der Waals surface area (Å²) in [6.45, 7) is 8.48. The predicted octanol–water partition coefficient (Wildman–Crippen LogP) is 5.98. The maximum absolute atomic E-state index is 13.4. The van der Waals surface area contributed by atoms with E-state index in [1.807, 2.05) is 64.1 Å². The Balaban J connectivity index is 1.75. The van der Waals surface area contributed by atoms with Gasteiger partial charge in [0.25, 0.3) is 0 Å². The first-order valence-corrected chi connectivity index (χ1v) is 11.7. The molecular weight excluding hydrogens is 437 g/mol. The highest BCUT2D eigenvalue weighted by Crippen LogP contribution is 2.20. The number of urea groups is 1. The van der Waals surface area contributed by atoms with Gasteiger partial charge >= 0.3 is 6.03 Å². The number of carbonyl (C=O) groups excluding carboxylic acids is 2. The van der Waals surface area contributed by atoms with Crippen molar-refractivity contribution < 1.29 is 14.0 Å². The molecule has 0 atom stereocenters. The van der Waals surface area contributed by atoms with E-state index in [9.17, 15) is 14.0 Å². The van der Waals surface area contributed by atoms with Gasteiger partial charge < -0.3 is 15.1 Å². The van der Waals surface area contributed by atoms with Crippen LogP contribution in [0.2, 0.25) is 0 Å². The van der Waals surface area contributed by atoms with Crippen LogP contribution in [0.4, 0.5) is 14.9 Å². The highest BCUT2D eigenvalue weighted by atomic mass is 32.1. The van der Waals surface area contributed by atoms with Crippen LogP contribution in [0.15, 0.2) is 60.7 Å². The minimum Gasteiger partial charge on any atom is -0.332 e. The number of carbonyl (C=O) groups is 2. The monoisotopic (exact) mass is 467 g/mol. The normalized spacial score (nSPS) is 10.8. The van der Waals surface area contributed by atoms with Crippen molar-refractivity contribution in [3.8, 4) is 0 Å². The number of thiophene rings is 1. The van der Waals surface area contributed by atoms with Crippen LogP contribution in [0.1, 0.15) is 34.7 Å². The van der Waals surface area contributed by atoms with Crippen LogP contribution in [0.25, 0.3) is 0 Å². The third-order valence-corrected chi connectivity index (χ3v) is 6.26. The van der Waals surface area contributed by atoms with Gasteiger partial charge in [-0.25, -0.2) is 9.18 Å². The minimum absolute atomic E-state index is 0.0546. The lowest BCUT2D eigenvalue weighted by atomic mass is 10.2. The smallest absolute Gasteiger partial charge is 0.322 e. The number of nitrogens with one attached hydrogen (secondary N) is 1. The summed E-state index contributed by atoms with van der Waals surface area (Å²) in [4.78, 5) is 31.8. The summed E-state index contributed by atoms with van der Waals surface area (Å²) in [5.74, 6) is -0.484. The van der Waals surface area contributed by atoms with Gasteiger partial charge in [-0.1, -0.05) is 29.8 Å². The number of nitrogens with zero attached hydrogens (tertiary/aromatic N) is 2. The number of rotatable bonds is 8. The third kappa shape index (κ3) is 7.15. The SMILES string of the molecule is Cc1ccc(NC(=O)N(CC(=O)N(Cc2ccc(F)cc2)Cc2ccc(C)s2)C(C)C)cc1. The van der Waals surface area contributed by atoms with Crippen LogP contribution in [-0.2, 0) is 17.9 Å². The maximum Gasteiger partial charge on any atom is 0.322 e. The maximum atomic E-state index is 13.4. The summed E-state index contributed by atoms with van der Waals surface area (Å²) in [6, 6.07) is 17.2. The Morgan fingerprint density at radius 3 is 2.18 bits per heavy atom. The fraction of sp³-hybridized carbons (Fsp3) is 0.308. The standard InChI is InChI=1S/C26H30FN3O2S/c1-18(2)30(26(32)28-23-12-5-19(3)6-13-23)17-25(31)29(16-24-14-7-20(4)33-24)15-21-8-10-22(27)11-9-21/h5-14,18H,15-17H2,1-4H3,(H,28,32). The average molecular weight is 468 g/mol. The van der Waals surface area contributed by atoms with E-state index in [4.69, 9.17) is 0 Å². The Kier molecular flexibility index (Phi) is 8.22. The van der Waals surface area contributed by atoms with Crippen LogP contribution < -0.4 is 5.32 Å². The van der Waals surface area contributed by atoms with Crippen molar-refractivity contribution in [1.82, 2.24) is 9.80 Å². The molecule has 2 aromatic carbocycles. The van der Waals surface area contributed by atoms with Gasteiger partial charge in [-0.15, -0.1) is 11.3 Å². The molecule has 0 fully saturated rings. The van der Waals surface area contributed by atoms with Crippen LogP contribution >= 0.6 is 11.3 Å². The van der Waals surface area contributed by atoms with Gasteiger partial charge in [0.1, 0.15) is 12.4 Å². The van der Waals surface area contributed by atoms with Crippen LogP contribution in [0.3, 0.4) is 0 Å². The lowest BCUT2D eigenvalue weighted by molar-refractivity contribution is -0.133. The number of anilines is 1. The van der Waals surface area contributed by atoms with Crippen molar-refractivity contribution in [2.24, 2.45) is 0 Å². The van der Waals surface area contributed by atoms with Crippen LogP contribution in [0.5, 0.6) is 0 Å². The molecule has 0 radical (unpaired) electrons. The summed E-state index contributed by atoms with van der Waals surface area (Å²) in [5.41, 5.74) is 2.61. The van der Waals surface area contributed by atoms with Gasteiger partial charge in [-0.05, 0) is 69.7 Å². The summed E-state index contributed by atoms with van der Waals surface area (Å²) in [7, 11) is 0. The van der Waals surface area contributed by atoms with Crippen molar-refractivity contribution in [2.75, 3.05) is 11.9 Å². The van der Waals surface area contributed by atoms with E-state index in [2.05, 4.69) is 5.32 Å². The molecule has 1 aromatic heterocycles. The highest BCUT2D eigenvalue weighted by molar-refractivity contribution is 7.11. The zero-order chi connectivity index (χ0) is 24.0. The van der Waals surface area contributed by atoms with Gasteiger partial charge in [0.05, 0.1) is 6.54 Å². The first-order valence-electron chi connectivity index (χ1n) is 10.9. The molecule has 0 aliphatic carbocycles. The molecule has 0 bridgehead atoms. The number of halogens is 1. The Morgan fingerprint density at radius 2 is 1.61 bits per heavy atom. The van der Waals surface area contributed by atoms with Gasteiger partial charge in [-0.3, -0.25) is 4.79 Å². The lowest BCUT2D eigenvalue weighted by Crippen LogP contribution is -2.47. The fourth-order valence-electron chi connectivity index (χ4n) is 3.37. The molecule has 1 heterocycles. The lowest BCUT2D eigenvalue weighted by Gasteiger charge is -2.30. The highest BCUT2D eigenvalue weighted by Gasteiger charge is 2.24. The molecule has 0 aliphatic rings. The van der Waals surface area contributed by atoms with E-state index in [1.54, 1.807) is 28.4 Å². The zero-order valence-electron chi connectivity index (χ0n) is 19.5. The van der Waals surface area contributed by atoms with Crippen molar-refractivity contribution in [3.05, 3.63) is 87.4 Å². The van der Waals surface area contributed by atoms with E-state index in [1.165, 1.54) is 21.9 Å². The molecule has 0 spiro atoms. The fourth-order valence-corrected chi connectivity index (χ4v) is 4.27. The molecule has 0 saturated carbocycles. The molecule has 3 aromatic rings. The summed E-state index contributed by atoms with van der Waals surface area (Å²) >= 11 is 1.63. The summed E-state index contributed by atoms with van der Waals surface area (Å²) in [6.07, 6.45) is 0. The molecular formula is C26H30FN3O2S. The molecule has 0 saturated heterocycles. The van der Waals surface area contributed by atoms with Crippen molar-refractivity contribution in [2.45, 2.75) is 46.8 Å². The molecule has 3 amide bonds. The van der Waals surface area contributed by atoms with E-state index >= 15 is 0 Å². The molecule has 3 rings (SSSR count). The Labute approximate surface area is 198 Å². The van der Waals surface area contributed by atoms with E-state index in [-0.39, 0.29) is 30.3 Å². The largest absolute Gasteiger partial charge is 0.332 e. The molecule has 0 aliphatic heterocycles. The Bertz CT molecular complexity index is 1080. The van der Waals surface area contributed by atoms with Crippen LogP contribution in [-0.4, -0.2) is 34.3 Å². The Hall–Kier alpha value is -3.19. The zero-order valence-corrected chi connectivity index (χ0v) is 20.3. The number of amides is 3. The van der Waals surface area contributed by atoms with Gasteiger partial charge in [0.15, 0.2) is 0 Å². The van der Waals surface area contributed by atoms with Gasteiger partial charge in [0, 0.05) is 28.0 Å². The van der Waals surface area contributed by atoms with E-state index in [0.717, 1.165) is 16.0 Å². The van der Waals surface area contributed by atoms with Gasteiger partial charge in [-0.2, -0.15) is 0 Å². The second-order valence-corrected chi connectivity index (χ2v) is 9.78. The van der Waals surface area contributed by atoms with Crippen molar-refractivity contribution >= 4 is 29.0 Å². The molecule has 5 nitrogen and oxygen atoms in total. The van der Waals surface area contributed by atoms with E-state index < -0.39 is 0 Å². The molecule has 0 unspecified atom stereocenters. The number of hydrogen-bond acceptors (Lipinski definition) is 3. The second-order valence-electron chi connectivity index (χ2n) is 8.41. The quantitative estimate of drug-likeness (QED) is 0.443. The molecule has 33 heavy (non-hydrogen) atoms. The first-order chi connectivity index (χ1) is 15.7. The molecule has 1 N–H and O–H groups in total. The van der Waals surface area contributed by atoms with Gasteiger partial charge in [0.2, 0.25) is 5.91 Å². The second kappa shape index (κ2) is 11.1. The van der Waals surface area contributed by atoms with Crippen molar-refractivity contribution in [1.29, 1.82) is 0 Å². The Morgan fingerprint density at radius 1 is 0.939 bits per heavy atom. The summed E-state index contributed by atoms with van der Waals surface area (Å²) < 4.78 is 13.4. The first kappa shape index (κ1) is 24.5. The average Bonchev–Trinajstić information content (AvgIpc) is 3.18. The van der Waals surface area contributed by atoms with E-state index in [0.29, 0.717) is 18.8 Å². The number of hydrogen-bond donors (Lipinski definition) is 1. The topological polar surface area (TPSA) is 52.7 Å².